The van der Waals surface area contributed by atoms with Crippen LogP contribution in [-0.4, -0.2) is 54.7 Å². The maximum absolute atomic E-state index is 13.2. The summed E-state index contributed by atoms with van der Waals surface area (Å²) in [5.74, 6) is -1.65. The average Bonchev–Trinajstić information content (AvgIpc) is 3.37. The van der Waals surface area contributed by atoms with E-state index >= 15 is 0 Å². The van der Waals surface area contributed by atoms with Crippen molar-refractivity contribution in [3.05, 3.63) is 51.3 Å². The van der Waals surface area contributed by atoms with Gasteiger partial charge in [-0.2, -0.15) is 0 Å². The summed E-state index contributed by atoms with van der Waals surface area (Å²) in [7, 11) is 0. The number of carbonyl (C=O) groups excluding carboxylic acids is 2. The fourth-order valence-corrected chi connectivity index (χ4v) is 4.50. The number of likely N-dealkylation sites (tertiary alicyclic amines) is 1. The zero-order valence-corrected chi connectivity index (χ0v) is 16.8. The molecule has 1 saturated heterocycles. The Bertz CT molecular complexity index is 1130. The molecule has 0 unspecified atom stereocenters. The predicted octanol–water partition coefficient (Wildman–Crippen LogP) is 2.23. The number of aromatic carboxylic acids is 1. The third kappa shape index (κ3) is 3.81. The fourth-order valence-electron chi connectivity index (χ4n) is 3.43. The van der Waals surface area contributed by atoms with Crippen LogP contribution in [-0.2, 0) is 4.79 Å². The molecular formula is C18H16ClN5O4S. The first kappa shape index (κ1) is 19.3. The van der Waals surface area contributed by atoms with Crippen LogP contribution in [0.4, 0.5) is 0 Å². The number of hydrogen-bond acceptors (Lipinski definition) is 6. The summed E-state index contributed by atoms with van der Waals surface area (Å²) in [6, 6.07) is 2.63. The van der Waals surface area contributed by atoms with Gasteiger partial charge in [0.25, 0.3) is 5.91 Å². The van der Waals surface area contributed by atoms with E-state index in [0.717, 1.165) is 0 Å². The lowest BCUT2D eigenvalue weighted by Gasteiger charge is -2.21. The Labute approximate surface area is 173 Å². The van der Waals surface area contributed by atoms with Gasteiger partial charge >= 0.3 is 5.97 Å². The molecule has 0 aromatic carbocycles. The molecule has 1 fully saturated rings. The quantitative estimate of drug-likeness (QED) is 0.651. The number of nitrogens with zero attached hydrogens (tertiary/aromatic N) is 4. The topological polar surface area (TPSA) is 117 Å². The highest BCUT2D eigenvalue weighted by Crippen LogP contribution is 2.35. The standard InChI is InChI=1S/C18H16ClN5O4S/c1-9(25)20-11-5-14(16-22-13(8-29-16)18(27)28)24(6-11)17(26)12-7-23-3-2-10(19)4-15(23)21-12/h2-4,7-8,11,14H,5-6H2,1H3,(H,20,25)(H,27,28)/t11-,14-/m1/s1. The van der Waals surface area contributed by atoms with Gasteiger partial charge in [-0.3, -0.25) is 9.59 Å². The minimum absolute atomic E-state index is 0.0669. The summed E-state index contributed by atoms with van der Waals surface area (Å²) in [6.07, 6.45) is 3.77. The van der Waals surface area contributed by atoms with Crippen molar-refractivity contribution in [2.75, 3.05) is 6.54 Å². The molecule has 0 aliphatic carbocycles. The van der Waals surface area contributed by atoms with Gasteiger partial charge in [0, 0.05) is 48.4 Å². The van der Waals surface area contributed by atoms with Crippen molar-refractivity contribution in [3.8, 4) is 0 Å². The monoisotopic (exact) mass is 433 g/mol. The molecule has 9 nitrogen and oxygen atoms in total. The van der Waals surface area contributed by atoms with E-state index in [0.29, 0.717) is 22.1 Å². The number of fused-ring (bicyclic) bond motifs is 1. The molecule has 0 spiro atoms. The van der Waals surface area contributed by atoms with Gasteiger partial charge < -0.3 is 19.7 Å². The fraction of sp³-hybridized carbons (Fsp3) is 0.278. The van der Waals surface area contributed by atoms with Crippen molar-refractivity contribution in [2.45, 2.75) is 25.4 Å². The summed E-state index contributed by atoms with van der Waals surface area (Å²) >= 11 is 7.17. The van der Waals surface area contributed by atoms with Gasteiger partial charge in [-0.05, 0) is 12.5 Å². The van der Waals surface area contributed by atoms with E-state index < -0.39 is 12.0 Å². The summed E-state index contributed by atoms with van der Waals surface area (Å²) in [5.41, 5.74) is 0.705. The first-order valence-corrected chi connectivity index (χ1v) is 9.98. The highest BCUT2D eigenvalue weighted by atomic mass is 35.5. The normalized spacial score (nSPS) is 18.9. The molecule has 150 valence electrons. The smallest absolute Gasteiger partial charge is 0.355 e. The molecule has 11 heteroatoms. The summed E-state index contributed by atoms with van der Waals surface area (Å²) in [6.45, 7) is 1.69. The number of carboxylic acid groups (broad SMARTS) is 1. The number of halogens is 1. The van der Waals surface area contributed by atoms with Crippen LogP contribution in [0, 0.1) is 0 Å². The molecule has 3 aromatic heterocycles. The number of aromatic nitrogens is 3. The van der Waals surface area contributed by atoms with Gasteiger partial charge in [-0.15, -0.1) is 11.3 Å². The van der Waals surface area contributed by atoms with Gasteiger partial charge in [0.1, 0.15) is 16.3 Å². The molecule has 1 aliphatic heterocycles. The van der Waals surface area contributed by atoms with E-state index in [9.17, 15) is 14.4 Å². The molecule has 0 saturated carbocycles. The van der Waals surface area contributed by atoms with Crippen LogP contribution in [0.3, 0.4) is 0 Å². The molecule has 1 aliphatic rings. The lowest BCUT2D eigenvalue weighted by atomic mass is 10.1. The third-order valence-electron chi connectivity index (χ3n) is 4.64. The number of thiazole rings is 1. The van der Waals surface area contributed by atoms with Crippen LogP contribution in [0.25, 0.3) is 5.65 Å². The molecule has 3 aromatic rings. The second-order valence-electron chi connectivity index (χ2n) is 6.72. The molecule has 0 bridgehead atoms. The van der Waals surface area contributed by atoms with Crippen molar-refractivity contribution in [1.82, 2.24) is 24.6 Å². The molecule has 29 heavy (non-hydrogen) atoms. The zero-order valence-electron chi connectivity index (χ0n) is 15.2. The van der Waals surface area contributed by atoms with Gasteiger partial charge in [0.05, 0.1) is 6.04 Å². The number of carbonyl (C=O) groups is 3. The van der Waals surface area contributed by atoms with Crippen molar-refractivity contribution >= 4 is 46.4 Å². The number of nitrogens with one attached hydrogen (secondary N) is 1. The molecule has 2 atom stereocenters. The maximum atomic E-state index is 13.2. The summed E-state index contributed by atoms with van der Waals surface area (Å²) in [5, 5.41) is 14.4. The molecular weight excluding hydrogens is 418 g/mol. The van der Waals surface area contributed by atoms with Crippen molar-refractivity contribution in [2.24, 2.45) is 0 Å². The van der Waals surface area contributed by atoms with Crippen molar-refractivity contribution < 1.29 is 19.5 Å². The lowest BCUT2D eigenvalue weighted by Crippen LogP contribution is -2.37. The van der Waals surface area contributed by atoms with Crippen LogP contribution in [0.2, 0.25) is 5.02 Å². The van der Waals surface area contributed by atoms with Crippen molar-refractivity contribution in [1.29, 1.82) is 0 Å². The van der Waals surface area contributed by atoms with E-state index in [4.69, 9.17) is 16.7 Å². The van der Waals surface area contributed by atoms with Gasteiger partial charge in [-0.25, -0.2) is 14.8 Å². The average molecular weight is 434 g/mol. The first-order chi connectivity index (χ1) is 13.8. The van der Waals surface area contributed by atoms with Crippen LogP contribution in [0.5, 0.6) is 0 Å². The highest BCUT2D eigenvalue weighted by molar-refractivity contribution is 7.09. The van der Waals surface area contributed by atoms with Crippen LogP contribution >= 0.6 is 22.9 Å². The Kier molecular flexibility index (Phi) is 4.97. The van der Waals surface area contributed by atoms with E-state index in [1.165, 1.54) is 23.6 Å². The Hall–Kier alpha value is -2.98. The van der Waals surface area contributed by atoms with Gasteiger partial charge in [0.15, 0.2) is 5.69 Å². The number of hydrogen-bond donors (Lipinski definition) is 2. The Morgan fingerprint density at radius 2 is 2.10 bits per heavy atom. The maximum Gasteiger partial charge on any atom is 0.355 e. The number of rotatable bonds is 4. The minimum Gasteiger partial charge on any atom is -0.476 e. The largest absolute Gasteiger partial charge is 0.476 e. The van der Waals surface area contributed by atoms with Crippen LogP contribution in [0.15, 0.2) is 29.9 Å². The van der Waals surface area contributed by atoms with Gasteiger partial charge in [0.2, 0.25) is 5.91 Å². The molecule has 2 N–H and O–H groups in total. The van der Waals surface area contributed by atoms with Crippen molar-refractivity contribution in [3.63, 3.8) is 0 Å². The molecule has 2 amide bonds. The highest BCUT2D eigenvalue weighted by Gasteiger charge is 2.39. The van der Waals surface area contributed by atoms with E-state index in [-0.39, 0.29) is 35.8 Å². The first-order valence-electron chi connectivity index (χ1n) is 8.73. The number of carboxylic acids is 1. The van der Waals surface area contributed by atoms with Crippen LogP contribution < -0.4 is 5.32 Å². The number of pyridine rings is 1. The lowest BCUT2D eigenvalue weighted by molar-refractivity contribution is -0.119. The molecule has 0 radical (unpaired) electrons. The SMILES string of the molecule is CC(=O)N[C@@H]1C[C@H](c2nc(C(=O)O)cs2)N(C(=O)c2cn3ccc(Cl)cc3n2)C1. The predicted molar refractivity (Wildman–Crippen MR) is 105 cm³/mol. The summed E-state index contributed by atoms with van der Waals surface area (Å²) < 4.78 is 1.70. The zero-order chi connectivity index (χ0) is 20.7. The third-order valence-corrected chi connectivity index (χ3v) is 5.82. The Morgan fingerprint density at radius 1 is 1.31 bits per heavy atom. The Morgan fingerprint density at radius 3 is 2.79 bits per heavy atom. The second-order valence-corrected chi connectivity index (χ2v) is 8.05. The van der Waals surface area contributed by atoms with E-state index in [1.54, 1.807) is 33.8 Å². The van der Waals surface area contributed by atoms with Crippen LogP contribution in [0.1, 0.15) is 45.4 Å². The van der Waals surface area contributed by atoms with E-state index in [2.05, 4.69) is 15.3 Å². The number of amides is 2. The van der Waals surface area contributed by atoms with E-state index in [1.807, 2.05) is 0 Å². The molecule has 4 rings (SSSR count). The summed E-state index contributed by atoms with van der Waals surface area (Å²) in [4.78, 5) is 46.0. The molecule has 4 heterocycles. The second kappa shape index (κ2) is 7.45. The minimum atomic E-state index is -1.13. The van der Waals surface area contributed by atoms with Gasteiger partial charge in [-0.1, -0.05) is 11.6 Å². The Balaban J connectivity index is 1.67. The number of imidazole rings is 1.